The molecule has 1 aliphatic heterocycles. The van der Waals surface area contributed by atoms with E-state index in [0.717, 1.165) is 9.37 Å². The lowest BCUT2D eigenvalue weighted by atomic mass is 10.1. The summed E-state index contributed by atoms with van der Waals surface area (Å²) < 4.78 is 2.07. The fraction of sp³-hybridized carbons (Fsp3) is 0.0833. The van der Waals surface area contributed by atoms with E-state index in [2.05, 4.69) is 21.2 Å². The number of anilines is 1. The van der Waals surface area contributed by atoms with E-state index < -0.39 is 6.10 Å². The molecule has 3 rings (SSSR count). The van der Waals surface area contributed by atoms with Gasteiger partial charge in [0.15, 0.2) is 6.10 Å². The molecule has 1 unspecified atom stereocenters. The van der Waals surface area contributed by atoms with Crippen LogP contribution in [0.1, 0.15) is 11.7 Å². The van der Waals surface area contributed by atoms with Crippen molar-refractivity contribution >= 4 is 50.6 Å². The molecule has 18 heavy (non-hydrogen) atoms. The molecule has 0 fully saturated rings. The minimum absolute atomic E-state index is 0.366. The molecule has 1 atom stereocenters. The van der Waals surface area contributed by atoms with Gasteiger partial charge >= 0.3 is 0 Å². The molecule has 0 spiro atoms. The molecule has 0 bridgehead atoms. The Morgan fingerprint density at radius 3 is 3.00 bits per heavy atom. The van der Waals surface area contributed by atoms with Crippen LogP contribution in [-0.2, 0) is 4.79 Å². The van der Waals surface area contributed by atoms with Gasteiger partial charge < -0.3 is 10.4 Å². The number of aliphatic hydroxyl groups is 1. The van der Waals surface area contributed by atoms with Crippen molar-refractivity contribution in [1.82, 2.24) is 0 Å². The molecule has 2 aromatic rings. The minimum Gasteiger partial charge on any atom is -0.378 e. The average Bonchev–Trinajstić information content (AvgIpc) is 2.92. The number of thiophene rings is 1. The van der Waals surface area contributed by atoms with Gasteiger partial charge in [0.2, 0.25) is 0 Å². The number of nitrogens with one attached hydrogen (secondary N) is 1. The number of benzene rings is 1. The third kappa shape index (κ3) is 2.09. The summed E-state index contributed by atoms with van der Waals surface area (Å²) in [6.07, 6.45) is -1.06. The number of fused-ring (bicyclic) bond motifs is 1. The van der Waals surface area contributed by atoms with Crippen LogP contribution in [0.5, 0.6) is 0 Å². The Hall–Kier alpha value is -0.820. The second kappa shape index (κ2) is 4.70. The van der Waals surface area contributed by atoms with Crippen molar-refractivity contribution in [2.24, 2.45) is 0 Å². The van der Waals surface area contributed by atoms with E-state index in [1.165, 1.54) is 4.21 Å². The number of carbonyl (C=O) groups is 1. The van der Waals surface area contributed by atoms with E-state index in [1.54, 1.807) is 29.2 Å². The van der Waals surface area contributed by atoms with Gasteiger partial charge in [-0.25, -0.2) is 0 Å². The molecule has 0 saturated carbocycles. The van der Waals surface area contributed by atoms with E-state index >= 15 is 0 Å². The molecule has 0 aliphatic carbocycles. The van der Waals surface area contributed by atoms with E-state index in [-0.39, 0.29) is 5.91 Å². The predicted molar refractivity (Wildman–Crippen MR) is 76.2 cm³/mol. The lowest BCUT2D eigenvalue weighted by Crippen LogP contribution is -2.10. The summed E-state index contributed by atoms with van der Waals surface area (Å²) in [4.78, 5) is 12.4. The van der Waals surface area contributed by atoms with Crippen molar-refractivity contribution in [3.05, 3.63) is 39.7 Å². The first kappa shape index (κ1) is 12.2. The van der Waals surface area contributed by atoms with Crippen LogP contribution in [0.4, 0.5) is 5.69 Å². The molecule has 2 heterocycles. The molecule has 1 aromatic carbocycles. The zero-order chi connectivity index (χ0) is 12.7. The van der Waals surface area contributed by atoms with Gasteiger partial charge in [-0.1, -0.05) is 17.8 Å². The fourth-order valence-electron chi connectivity index (χ4n) is 1.75. The first-order valence-corrected chi connectivity index (χ1v) is 7.68. The molecular weight excluding hydrogens is 334 g/mol. The standard InChI is InChI=1S/C12H8BrNO2S2/c13-7-4-6-8(14-12(16)11(6)15)5-9(7)18-10-2-1-3-17-10/h1-5,11,15H,(H,14,16). The van der Waals surface area contributed by atoms with Crippen LogP contribution in [0.25, 0.3) is 0 Å². The highest BCUT2D eigenvalue weighted by Gasteiger charge is 2.29. The number of hydrogen-bond donors (Lipinski definition) is 2. The smallest absolute Gasteiger partial charge is 0.257 e. The predicted octanol–water partition coefficient (Wildman–Crippen LogP) is 3.65. The van der Waals surface area contributed by atoms with Gasteiger partial charge in [-0.3, -0.25) is 4.79 Å². The summed E-state index contributed by atoms with van der Waals surface area (Å²) in [6, 6.07) is 7.73. The van der Waals surface area contributed by atoms with Crippen molar-refractivity contribution in [3.8, 4) is 0 Å². The Kier molecular flexibility index (Phi) is 3.19. The Morgan fingerprint density at radius 2 is 2.28 bits per heavy atom. The molecule has 0 radical (unpaired) electrons. The zero-order valence-electron chi connectivity index (χ0n) is 9.01. The van der Waals surface area contributed by atoms with Crippen LogP contribution in [0.15, 0.2) is 43.2 Å². The maximum atomic E-state index is 11.4. The summed E-state index contributed by atoms with van der Waals surface area (Å²) in [7, 11) is 0. The Labute approximate surface area is 120 Å². The van der Waals surface area contributed by atoms with Crippen molar-refractivity contribution in [2.45, 2.75) is 15.2 Å². The SMILES string of the molecule is O=C1Nc2cc(Sc3cccs3)c(Br)cc2C1O. The van der Waals surface area contributed by atoms with Crippen molar-refractivity contribution in [3.63, 3.8) is 0 Å². The summed E-state index contributed by atoms with van der Waals surface area (Å²) in [6.45, 7) is 0. The van der Waals surface area contributed by atoms with E-state index in [4.69, 9.17) is 0 Å². The third-order valence-corrected chi connectivity index (χ3v) is 5.62. The highest BCUT2D eigenvalue weighted by atomic mass is 79.9. The van der Waals surface area contributed by atoms with Gasteiger partial charge in [0.25, 0.3) is 5.91 Å². The maximum Gasteiger partial charge on any atom is 0.257 e. The number of rotatable bonds is 2. The zero-order valence-corrected chi connectivity index (χ0v) is 12.2. The quantitative estimate of drug-likeness (QED) is 0.876. The Balaban J connectivity index is 1.98. The second-order valence-electron chi connectivity index (χ2n) is 3.80. The summed E-state index contributed by atoms with van der Waals surface area (Å²) in [5.41, 5.74) is 1.32. The highest BCUT2D eigenvalue weighted by molar-refractivity contribution is 9.10. The largest absolute Gasteiger partial charge is 0.378 e. The number of hydrogen-bond acceptors (Lipinski definition) is 4. The first-order valence-electron chi connectivity index (χ1n) is 5.19. The molecule has 1 aromatic heterocycles. The van der Waals surface area contributed by atoms with Crippen LogP contribution >= 0.6 is 39.0 Å². The number of aliphatic hydroxyl groups excluding tert-OH is 1. The lowest BCUT2D eigenvalue weighted by molar-refractivity contribution is -0.123. The molecule has 92 valence electrons. The highest BCUT2D eigenvalue weighted by Crippen LogP contribution is 2.42. The van der Waals surface area contributed by atoms with Gasteiger partial charge in [0.1, 0.15) is 0 Å². The first-order chi connectivity index (χ1) is 8.65. The van der Waals surface area contributed by atoms with Gasteiger partial charge in [-0.05, 0) is 39.5 Å². The van der Waals surface area contributed by atoms with E-state index in [9.17, 15) is 9.90 Å². The minimum atomic E-state index is -1.06. The van der Waals surface area contributed by atoms with Crippen LogP contribution in [0.3, 0.4) is 0 Å². The average molecular weight is 342 g/mol. The maximum absolute atomic E-state index is 11.4. The molecule has 6 heteroatoms. The fourth-order valence-corrected chi connectivity index (χ4v) is 4.13. The number of amides is 1. The van der Waals surface area contributed by atoms with Crippen LogP contribution in [0.2, 0.25) is 0 Å². The molecule has 3 nitrogen and oxygen atoms in total. The lowest BCUT2D eigenvalue weighted by Gasteiger charge is -2.07. The van der Waals surface area contributed by atoms with Crippen molar-refractivity contribution < 1.29 is 9.90 Å². The molecule has 1 amide bonds. The monoisotopic (exact) mass is 341 g/mol. The van der Waals surface area contributed by atoms with Crippen molar-refractivity contribution in [2.75, 3.05) is 5.32 Å². The van der Waals surface area contributed by atoms with Gasteiger partial charge in [0.05, 0.1) is 4.21 Å². The van der Waals surface area contributed by atoms with Crippen molar-refractivity contribution in [1.29, 1.82) is 0 Å². The van der Waals surface area contributed by atoms with Gasteiger partial charge in [-0.15, -0.1) is 11.3 Å². The number of halogens is 1. The van der Waals surface area contributed by atoms with Crippen LogP contribution in [0, 0.1) is 0 Å². The molecule has 1 aliphatic rings. The molecule has 2 N–H and O–H groups in total. The Morgan fingerprint density at radius 1 is 1.44 bits per heavy atom. The number of carbonyl (C=O) groups excluding carboxylic acids is 1. The topological polar surface area (TPSA) is 49.3 Å². The molecular formula is C12H8BrNO2S2. The summed E-state index contributed by atoms with van der Waals surface area (Å²) in [5, 5.41) is 14.4. The normalized spacial score (nSPS) is 17.7. The molecule has 0 saturated heterocycles. The van der Waals surface area contributed by atoms with E-state index in [0.29, 0.717) is 11.3 Å². The van der Waals surface area contributed by atoms with Crippen LogP contribution in [-0.4, -0.2) is 11.0 Å². The third-order valence-electron chi connectivity index (χ3n) is 2.61. The summed E-state index contributed by atoms with van der Waals surface area (Å²) in [5.74, 6) is -0.366. The second-order valence-corrected chi connectivity index (χ2v) is 6.94. The van der Waals surface area contributed by atoms with Gasteiger partial charge in [-0.2, -0.15) is 0 Å². The van der Waals surface area contributed by atoms with Gasteiger partial charge in [0, 0.05) is 20.6 Å². The Bertz CT molecular complexity index is 613. The van der Waals surface area contributed by atoms with Crippen LogP contribution < -0.4 is 5.32 Å². The van der Waals surface area contributed by atoms with E-state index in [1.807, 2.05) is 23.6 Å². The summed E-state index contributed by atoms with van der Waals surface area (Å²) >= 11 is 6.77.